The maximum absolute atomic E-state index is 9.45. The predicted octanol–water partition coefficient (Wildman–Crippen LogP) is 4.97. The van der Waals surface area contributed by atoms with Crippen molar-refractivity contribution in [1.82, 2.24) is 0 Å². The summed E-state index contributed by atoms with van der Waals surface area (Å²) < 4.78 is 0. The van der Waals surface area contributed by atoms with Crippen molar-refractivity contribution in [2.75, 3.05) is 0 Å². The lowest BCUT2D eigenvalue weighted by molar-refractivity contribution is 0.474. The highest BCUT2D eigenvalue weighted by Crippen LogP contribution is 2.22. The second-order valence-corrected chi connectivity index (χ2v) is 5.81. The van der Waals surface area contributed by atoms with Crippen LogP contribution in [-0.4, -0.2) is 10.2 Å². The summed E-state index contributed by atoms with van der Waals surface area (Å²) >= 11 is 0. The van der Waals surface area contributed by atoms with E-state index in [2.05, 4.69) is 18.2 Å². The number of phenols is 2. The lowest BCUT2D eigenvalue weighted by Gasteiger charge is -2.09. The van der Waals surface area contributed by atoms with E-state index < -0.39 is 0 Å². The minimum atomic E-state index is 0.285. The Morgan fingerprint density at radius 1 is 0.667 bits per heavy atom. The normalized spacial score (nSPS) is 11.4. The fourth-order valence-corrected chi connectivity index (χ4v) is 2.65. The molecule has 0 radical (unpaired) electrons. The van der Waals surface area contributed by atoms with Gasteiger partial charge in [0.1, 0.15) is 11.5 Å². The van der Waals surface area contributed by atoms with Crippen molar-refractivity contribution in [1.29, 1.82) is 0 Å². The predicted molar refractivity (Wildman–Crippen MR) is 98.0 cm³/mol. The monoisotopic (exact) mass is 316 g/mol. The Hall–Kier alpha value is -3.00. The van der Waals surface area contributed by atoms with E-state index in [4.69, 9.17) is 0 Å². The third kappa shape index (κ3) is 4.26. The maximum atomic E-state index is 9.45. The highest BCUT2D eigenvalue weighted by atomic mass is 16.3. The van der Waals surface area contributed by atoms with Crippen molar-refractivity contribution in [3.8, 4) is 11.5 Å². The van der Waals surface area contributed by atoms with Crippen LogP contribution in [0.5, 0.6) is 11.5 Å². The topological polar surface area (TPSA) is 40.5 Å². The number of benzene rings is 3. The number of aromatic hydroxyl groups is 2. The van der Waals surface area contributed by atoms with Gasteiger partial charge in [0.15, 0.2) is 0 Å². The van der Waals surface area contributed by atoms with Crippen LogP contribution < -0.4 is 0 Å². The maximum Gasteiger partial charge on any atom is 0.115 e. The van der Waals surface area contributed by atoms with Gasteiger partial charge in [-0.05, 0) is 59.4 Å². The first-order valence-electron chi connectivity index (χ1n) is 8.01. The average molecular weight is 316 g/mol. The van der Waals surface area contributed by atoms with Crippen LogP contribution in [0.15, 0.2) is 84.9 Å². The van der Waals surface area contributed by atoms with Crippen LogP contribution in [0.3, 0.4) is 0 Å². The van der Waals surface area contributed by atoms with Gasteiger partial charge in [-0.3, -0.25) is 0 Å². The molecule has 24 heavy (non-hydrogen) atoms. The Morgan fingerprint density at radius 3 is 1.79 bits per heavy atom. The van der Waals surface area contributed by atoms with E-state index in [1.807, 2.05) is 42.5 Å². The molecule has 0 heterocycles. The van der Waals surface area contributed by atoms with Crippen molar-refractivity contribution < 1.29 is 10.2 Å². The molecule has 3 aromatic carbocycles. The molecule has 2 heteroatoms. The van der Waals surface area contributed by atoms with E-state index >= 15 is 0 Å². The first-order valence-corrected chi connectivity index (χ1v) is 8.01. The number of phenolic OH excluding ortho intramolecular Hbond substituents is 2. The minimum absolute atomic E-state index is 0.285. The second-order valence-electron chi connectivity index (χ2n) is 5.81. The fourth-order valence-electron chi connectivity index (χ4n) is 2.65. The summed E-state index contributed by atoms with van der Waals surface area (Å²) in [5.74, 6) is 0.572. The quantitative estimate of drug-likeness (QED) is 0.698. The van der Waals surface area contributed by atoms with Gasteiger partial charge in [-0.25, -0.2) is 0 Å². The van der Waals surface area contributed by atoms with E-state index in [0.717, 1.165) is 24.0 Å². The van der Waals surface area contributed by atoms with Gasteiger partial charge in [0.25, 0.3) is 0 Å². The molecule has 0 amide bonds. The van der Waals surface area contributed by atoms with Crippen LogP contribution in [-0.2, 0) is 12.8 Å². The second kappa shape index (κ2) is 7.51. The SMILES string of the molecule is Oc1ccc(CC=C(Cc2ccc(O)cc2)c2ccccc2)cc1. The van der Waals surface area contributed by atoms with Gasteiger partial charge in [0, 0.05) is 0 Å². The van der Waals surface area contributed by atoms with E-state index in [1.165, 1.54) is 11.1 Å². The molecule has 3 aromatic rings. The zero-order valence-electron chi connectivity index (χ0n) is 13.4. The van der Waals surface area contributed by atoms with E-state index in [1.54, 1.807) is 24.3 Å². The van der Waals surface area contributed by atoms with Crippen molar-refractivity contribution in [3.63, 3.8) is 0 Å². The summed E-state index contributed by atoms with van der Waals surface area (Å²) in [5.41, 5.74) is 4.76. The lowest BCUT2D eigenvalue weighted by atomic mass is 9.96. The van der Waals surface area contributed by atoms with E-state index in [-0.39, 0.29) is 11.5 Å². The molecule has 0 bridgehead atoms. The number of hydrogen-bond donors (Lipinski definition) is 2. The summed E-state index contributed by atoms with van der Waals surface area (Å²) in [7, 11) is 0. The Bertz CT molecular complexity index is 801. The summed E-state index contributed by atoms with van der Waals surface area (Å²) in [6.07, 6.45) is 3.85. The van der Waals surface area contributed by atoms with Gasteiger partial charge in [0.05, 0.1) is 0 Å². The average Bonchev–Trinajstić information content (AvgIpc) is 2.62. The molecule has 2 nitrogen and oxygen atoms in total. The molecule has 3 rings (SSSR count). The smallest absolute Gasteiger partial charge is 0.115 e. The van der Waals surface area contributed by atoms with Gasteiger partial charge in [-0.1, -0.05) is 60.7 Å². The Balaban J connectivity index is 1.85. The first-order chi connectivity index (χ1) is 11.7. The summed E-state index contributed by atoms with van der Waals surface area (Å²) in [6.45, 7) is 0. The molecule has 0 aliphatic carbocycles. The minimum Gasteiger partial charge on any atom is -0.508 e. The molecule has 0 spiro atoms. The number of hydrogen-bond acceptors (Lipinski definition) is 2. The highest BCUT2D eigenvalue weighted by Gasteiger charge is 2.04. The highest BCUT2D eigenvalue weighted by molar-refractivity contribution is 5.68. The van der Waals surface area contributed by atoms with Gasteiger partial charge in [-0.15, -0.1) is 0 Å². The Kier molecular flexibility index (Phi) is 4.97. The van der Waals surface area contributed by atoms with Gasteiger partial charge >= 0.3 is 0 Å². The molecule has 0 aliphatic heterocycles. The number of allylic oxidation sites excluding steroid dienone is 2. The molecular weight excluding hydrogens is 296 g/mol. The zero-order valence-corrected chi connectivity index (χ0v) is 13.4. The molecule has 0 aromatic heterocycles. The standard InChI is InChI=1S/C22H20O2/c23-21-12-7-17(8-13-21)6-11-20(19-4-2-1-3-5-19)16-18-9-14-22(24)15-10-18/h1-5,7-15,23-24H,6,16H2. The van der Waals surface area contributed by atoms with Crippen LogP contribution in [0.25, 0.3) is 5.57 Å². The molecule has 0 fully saturated rings. The third-order valence-electron chi connectivity index (χ3n) is 4.00. The van der Waals surface area contributed by atoms with Crippen LogP contribution in [0.2, 0.25) is 0 Å². The molecule has 0 saturated heterocycles. The largest absolute Gasteiger partial charge is 0.508 e. The summed E-state index contributed by atoms with van der Waals surface area (Å²) in [5, 5.41) is 18.8. The Labute approximate surface area is 142 Å². The van der Waals surface area contributed by atoms with Crippen LogP contribution in [0.1, 0.15) is 16.7 Å². The van der Waals surface area contributed by atoms with Crippen LogP contribution in [0, 0.1) is 0 Å². The molecular formula is C22H20O2. The van der Waals surface area contributed by atoms with Gasteiger partial charge in [0.2, 0.25) is 0 Å². The van der Waals surface area contributed by atoms with Crippen molar-refractivity contribution in [2.45, 2.75) is 12.8 Å². The van der Waals surface area contributed by atoms with Crippen LogP contribution >= 0.6 is 0 Å². The molecule has 120 valence electrons. The molecule has 0 saturated carbocycles. The van der Waals surface area contributed by atoms with Gasteiger partial charge in [-0.2, -0.15) is 0 Å². The molecule has 0 aliphatic rings. The molecule has 0 atom stereocenters. The summed E-state index contributed by atoms with van der Waals surface area (Å²) in [6, 6.07) is 25.0. The Morgan fingerprint density at radius 2 is 1.21 bits per heavy atom. The zero-order chi connectivity index (χ0) is 16.8. The summed E-state index contributed by atoms with van der Waals surface area (Å²) in [4.78, 5) is 0. The van der Waals surface area contributed by atoms with E-state index in [9.17, 15) is 10.2 Å². The van der Waals surface area contributed by atoms with Crippen LogP contribution in [0.4, 0.5) is 0 Å². The van der Waals surface area contributed by atoms with Crippen molar-refractivity contribution in [3.05, 3.63) is 102 Å². The fraction of sp³-hybridized carbons (Fsp3) is 0.0909. The lowest BCUT2D eigenvalue weighted by Crippen LogP contribution is -1.92. The van der Waals surface area contributed by atoms with Gasteiger partial charge < -0.3 is 10.2 Å². The number of rotatable bonds is 5. The molecule has 0 unspecified atom stereocenters. The van der Waals surface area contributed by atoms with Crippen molar-refractivity contribution in [2.24, 2.45) is 0 Å². The van der Waals surface area contributed by atoms with Crippen molar-refractivity contribution >= 4 is 5.57 Å². The third-order valence-corrected chi connectivity index (χ3v) is 4.00. The first kappa shape index (κ1) is 15.9. The van der Waals surface area contributed by atoms with E-state index in [0.29, 0.717) is 0 Å². The molecule has 2 N–H and O–H groups in total.